The molecule has 116 valence electrons. The number of hydrogen-bond acceptors (Lipinski definition) is 3. The standard InChI is InChI=1S/C14H21N3O3S/c1-10(16-21(19,20)17(2)3)11-6-8-13(9-7-11)15-14(18)12-4-5-12/h6-10,12,16H,4-5H2,1-3H3,(H,15,18). The van der Waals surface area contributed by atoms with Crippen LogP contribution in [0, 0.1) is 5.92 Å². The van der Waals surface area contributed by atoms with Gasteiger partial charge in [0.15, 0.2) is 0 Å². The van der Waals surface area contributed by atoms with E-state index in [9.17, 15) is 13.2 Å². The lowest BCUT2D eigenvalue weighted by atomic mass is 10.1. The predicted octanol–water partition coefficient (Wildman–Crippen LogP) is 1.49. The molecule has 0 spiro atoms. The van der Waals surface area contributed by atoms with Gasteiger partial charge >= 0.3 is 0 Å². The maximum atomic E-state index is 11.8. The van der Waals surface area contributed by atoms with E-state index in [1.807, 2.05) is 12.1 Å². The van der Waals surface area contributed by atoms with Crippen LogP contribution in [0.3, 0.4) is 0 Å². The second kappa shape index (κ2) is 6.13. The summed E-state index contributed by atoms with van der Waals surface area (Å²) in [7, 11) is -0.509. The molecule has 1 aromatic rings. The fourth-order valence-corrected chi connectivity index (χ4v) is 2.64. The summed E-state index contributed by atoms with van der Waals surface area (Å²) in [6, 6.07) is 6.86. The summed E-state index contributed by atoms with van der Waals surface area (Å²) in [6.45, 7) is 1.78. The number of nitrogens with one attached hydrogen (secondary N) is 2. The predicted molar refractivity (Wildman–Crippen MR) is 82.0 cm³/mol. The zero-order valence-electron chi connectivity index (χ0n) is 12.5. The molecule has 21 heavy (non-hydrogen) atoms. The van der Waals surface area contributed by atoms with Gasteiger partial charge in [0.1, 0.15) is 0 Å². The molecular weight excluding hydrogens is 290 g/mol. The molecule has 1 amide bonds. The van der Waals surface area contributed by atoms with E-state index in [2.05, 4.69) is 10.0 Å². The molecule has 7 heteroatoms. The lowest BCUT2D eigenvalue weighted by Crippen LogP contribution is -2.37. The smallest absolute Gasteiger partial charge is 0.279 e. The van der Waals surface area contributed by atoms with Crippen molar-refractivity contribution in [2.45, 2.75) is 25.8 Å². The molecule has 1 saturated carbocycles. The van der Waals surface area contributed by atoms with Crippen molar-refractivity contribution < 1.29 is 13.2 Å². The summed E-state index contributed by atoms with van der Waals surface area (Å²) in [5.74, 6) is 0.222. The van der Waals surface area contributed by atoms with Crippen LogP contribution >= 0.6 is 0 Å². The van der Waals surface area contributed by atoms with E-state index in [-0.39, 0.29) is 17.9 Å². The van der Waals surface area contributed by atoms with E-state index < -0.39 is 10.2 Å². The fourth-order valence-electron chi connectivity index (χ4n) is 1.84. The first-order valence-corrected chi connectivity index (χ1v) is 8.34. The number of carbonyl (C=O) groups excluding carboxylic acids is 1. The molecule has 0 aliphatic heterocycles. The molecule has 1 aromatic carbocycles. The molecule has 0 radical (unpaired) electrons. The lowest BCUT2D eigenvalue weighted by Gasteiger charge is -2.18. The van der Waals surface area contributed by atoms with Gasteiger partial charge in [-0.2, -0.15) is 17.4 Å². The van der Waals surface area contributed by atoms with Crippen molar-refractivity contribution in [3.05, 3.63) is 29.8 Å². The van der Waals surface area contributed by atoms with Crippen molar-refractivity contribution in [2.24, 2.45) is 5.92 Å². The number of hydrogen-bond donors (Lipinski definition) is 2. The van der Waals surface area contributed by atoms with E-state index in [1.54, 1.807) is 19.1 Å². The van der Waals surface area contributed by atoms with Gasteiger partial charge in [0.25, 0.3) is 10.2 Å². The van der Waals surface area contributed by atoms with Crippen LogP contribution in [0.15, 0.2) is 24.3 Å². The summed E-state index contributed by atoms with van der Waals surface area (Å²) in [4.78, 5) is 11.6. The number of amides is 1. The highest BCUT2D eigenvalue weighted by molar-refractivity contribution is 7.87. The fraction of sp³-hybridized carbons (Fsp3) is 0.500. The SMILES string of the molecule is CC(NS(=O)(=O)N(C)C)c1ccc(NC(=O)C2CC2)cc1. The van der Waals surface area contributed by atoms with Crippen LogP contribution in [0.5, 0.6) is 0 Å². The van der Waals surface area contributed by atoms with Gasteiger partial charge < -0.3 is 5.32 Å². The Bertz CT molecular complexity index is 607. The number of anilines is 1. The van der Waals surface area contributed by atoms with Crippen LogP contribution in [-0.4, -0.2) is 32.7 Å². The molecule has 0 heterocycles. The molecule has 2 rings (SSSR count). The molecule has 0 bridgehead atoms. The minimum Gasteiger partial charge on any atom is -0.326 e. The van der Waals surface area contributed by atoms with Gasteiger partial charge in [0, 0.05) is 31.7 Å². The third-order valence-electron chi connectivity index (χ3n) is 3.43. The van der Waals surface area contributed by atoms with Crippen LogP contribution in [0.4, 0.5) is 5.69 Å². The highest BCUT2D eigenvalue weighted by Crippen LogP contribution is 2.30. The Balaban J connectivity index is 1.99. The van der Waals surface area contributed by atoms with Crippen molar-refractivity contribution in [3.63, 3.8) is 0 Å². The van der Waals surface area contributed by atoms with Gasteiger partial charge in [-0.05, 0) is 37.5 Å². The average molecular weight is 311 g/mol. The summed E-state index contributed by atoms with van der Waals surface area (Å²) >= 11 is 0. The maximum Gasteiger partial charge on any atom is 0.279 e. The molecule has 1 atom stereocenters. The van der Waals surface area contributed by atoms with Gasteiger partial charge in [-0.3, -0.25) is 4.79 Å². The number of rotatable bonds is 6. The second-order valence-electron chi connectivity index (χ2n) is 5.51. The van der Waals surface area contributed by atoms with E-state index in [4.69, 9.17) is 0 Å². The topological polar surface area (TPSA) is 78.5 Å². The molecule has 1 aliphatic rings. The van der Waals surface area contributed by atoms with Crippen molar-refractivity contribution in [1.29, 1.82) is 0 Å². The molecular formula is C14H21N3O3S. The van der Waals surface area contributed by atoms with E-state index in [0.717, 1.165) is 28.4 Å². The molecule has 6 nitrogen and oxygen atoms in total. The summed E-state index contributed by atoms with van der Waals surface area (Å²) in [5, 5.41) is 2.85. The normalized spacial score (nSPS) is 16.8. The summed E-state index contributed by atoms with van der Waals surface area (Å²) < 4.78 is 27.2. The Morgan fingerprint density at radius 1 is 1.24 bits per heavy atom. The first-order chi connectivity index (χ1) is 9.79. The first-order valence-electron chi connectivity index (χ1n) is 6.90. The Kier molecular flexibility index (Phi) is 4.65. The summed E-state index contributed by atoms with van der Waals surface area (Å²) in [5.41, 5.74) is 1.57. The largest absolute Gasteiger partial charge is 0.326 e. The highest BCUT2D eigenvalue weighted by Gasteiger charge is 2.29. The zero-order valence-corrected chi connectivity index (χ0v) is 13.3. The monoisotopic (exact) mass is 311 g/mol. The Morgan fingerprint density at radius 2 is 1.81 bits per heavy atom. The third-order valence-corrected chi connectivity index (χ3v) is 5.05. The zero-order chi connectivity index (χ0) is 15.6. The van der Waals surface area contributed by atoms with Crippen LogP contribution in [0.25, 0.3) is 0 Å². The molecule has 0 aromatic heterocycles. The Labute approximate surface area is 125 Å². The average Bonchev–Trinajstić information content (AvgIpc) is 3.23. The Hall–Kier alpha value is -1.44. The number of benzene rings is 1. The molecule has 2 N–H and O–H groups in total. The summed E-state index contributed by atoms with van der Waals surface area (Å²) in [6.07, 6.45) is 1.93. The van der Waals surface area contributed by atoms with Gasteiger partial charge in [-0.25, -0.2) is 0 Å². The Morgan fingerprint density at radius 3 is 2.29 bits per heavy atom. The minimum atomic E-state index is -3.46. The van der Waals surface area contributed by atoms with Crippen molar-refractivity contribution in [2.75, 3.05) is 19.4 Å². The van der Waals surface area contributed by atoms with Gasteiger partial charge in [-0.15, -0.1) is 0 Å². The first kappa shape index (κ1) is 15.9. The highest BCUT2D eigenvalue weighted by atomic mass is 32.2. The van der Waals surface area contributed by atoms with Crippen LogP contribution in [-0.2, 0) is 15.0 Å². The van der Waals surface area contributed by atoms with E-state index in [0.29, 0.717) is 0 Å². The van der Waals surface area contributed by atoms with Gasteiger partial charge in [0.2, 0.25) is 5.91 Å². The minimum absolute atomic E-state index is 0.0594. The molecule has 1 aliphatic carbocycles. The molecule has 1 fully saturated rings. The van der Waals surface area contributed by atoms with E-state index in [1.165, 1.54) is 14.1 Å². The maximum absolute atomic E-state index is 11.8. The lowest BCUT2D eigenvalue weighted by molar-refractivity contribution is -0.117. The van der Waals surface area contributed by atoms with Gasteiger partial charge in [-0.1, -0.05) is 12.1 Å². The van der Waals surface area contributed by atoms with Crippen molar-refractivity contribution in [1.82, 2.24) is 9.03 Å². The molecule has 0 saturated heterocycles. The number of carbonyl (C=O) groups is 1. The third kappa shape index (κ3) is 4.26. The van der Waals surface area contributed by atoms with Crippen molar-refractivity contribution >= 4 is 21.8 Å². The quantitative estimate of drug-likeness (QED) is 0.835. The van der Waals surface area contributed by atoms with E-state index >= 15 is 0 Å². The van der Waals surface area contributed by atoms with Gasteiger partial charge in [0.05, 0.1) is 0 Å². The second-order valence-corrected chi connectivity index (χ2v) is 7.43. The number of nitrogens with zero attached hydrogens (tertiary/aromatic N) is 1. The van der Waals surface area contributed by atoms with Crippen LogP contribution < -0.4 is 10.0 Å². The van der Waals surface area contributed by atoms with Crippen LogP contribution in [0.1, 0.15) is 31.4 Å². The molecule has 1 unspecified atom stereocenters. The van der Waals surface area contributed by atoms with Crippen molar-refractivity contribution in [3.8, 4) is 0 Å². The van der Waals surface area contributed by atoms with Crippen LogP contribution in [0.2, 0.25) is 0 Å².